The lowest BCUT2D eigenvalue weighted by molar-refractivity contribution is -0.136. The number of ether oxygens (including phenoxy) is 1. The van der Waals surface area contributed by atoms with Crippen LogP contribution in [0.5, 0.6) is 0 Å². The van der Waals surface area contributed by atoms with E-state index in [0.717, 1.165) is 29.7 Å². The predicted octanol–water partition coefficient (Wildman–Crippen LogP) is 2.64. The van der Waals surface area contributed by atoms with Gasteiger partial charge in [-0.1, -0.05) is 24.3 Å². The summed E-state index contributed by atoms with van der Waals surface area (Å²) >= 11 is 0. The van der Waals surface area contributed by atoms with Gasteiger partial charge in [0.1, 0.15) is 0 Å². The molecule has 1 unspecified atom stereocenters. The number of amides is 2. The summed E-state index contributed by atoms with van der Waals surface area (Å²) in [6.45, 7) is 5.17. The second kappa shape index (κ2) is 7.08. The molecule has 0 bridgehead atoms. The fourth-order valence-electron chi connectivity index (χ4n) is 3.87. The Labute approximate surface area is 153 Å². The maximum absolute atomic E-state index is 12.7. The summed E-state index contributed by atoms with van der Waals surface area (Å²) in [6.07, 6.45) is 5.83. The normalized spacial score (nSPS) is 21.2. The fourth-order valence-corrected chi connectivity index (χ4v) is 3.87. The van der Waals surface area contributed by atoms with Gasteiger partial charge in [0.25, 0.3) is 5.91 Å². The molecule has 26 heavy (non-hydrogen) atoms. The van der Waals surface area contributed by atoms with Crippen LogP contribution in [0.2, 0.25) is 0 Å². The predicted molar refractivity (Wildman–Crippen MR) is 100 cm³/mol. The zero-order chi connectivity index (χ0) is 18.1. The van der Waals surface area contributed by atoms with Gasteiger partial charge < -0.3 is 14.5 Å². The standard InChI is InChI=1S/C21H24N2O3/c1-15(20(24)22-10-12-26-13-11-22)16-6-8-18(9-7-16)23-14-17-4-2-3-5-19(17)21(23)25/h2-3,6-9,15H,4-5,10-14H2,1H3. The third-order valence-corrected chi connectivity index (χ3v) is 5.53. The summed E-state index contributed by atoms with van der Waals surface area (Å²) in [5.74, 6) is 0.0722. The van der Waals surface area contributed by atoms with Crippen LogP contribution in [-0.4, -0.2) is 49.6 Å². The molecule has 5 nitrogen and oxygen atoms in total. The van der Waals surface area contributed by atoms with Gasteiger partial charge in [0.15, 0.2) is 0 Å². The Morgan fingerprint density at radius 3 is 2.46 bits per heavy atom. The van der Waals surface area contributed by atoms with E-state index in [9.17, 15) is 9.59 Å². The van der Waals surface area contributed by atoms with Crippen molar-refractivity contribution < 1.29 is 14.3 Å². The maximum Gasteiger partial charge on any atom is 0.254 e. The van der Waals surface area contributed by atoms with E-state index >= 15 is 0 Å². The Morgan fingerprint density at radius 1 is 1.08 bits per heavy atom. The van der Waals surface area contributed by atoms with E-state index in [2.05, 4.69) is 12.2 Å². The smallest absolute Gasteiger partial charge is 0.254 e. The molecule has 1 saturated heterocycles. The molecule has 4 rings (SSSR count). The number of hydrogen-bond acceptors (Lipinski definition) is 3. The lowest BCUT2D eigenvalue weighted by Crippen LogP contribution is -2.42. The third-order valence-electron chi connectivity index (χ3n) is 5.53. The second-order valence-corrected chi connectivity index (χ2v) is 7.10. The molecule has 3 aliphatic rings. The highest BCUT2D eigenvalue weighted by molar-refractivity contribution is 6.09. The van der Waals surface area contributed by atoms with E-state index < -0.39 is 0 Å². The molecule has 5 heteroatoms. The molecule has 2 heterocycles. The van der Waals surface area contributed by atoms with Gasteiger partial charge in [-0.25, -0.2) is 0 Å². The van der Waals surface area contributed by atoms with Crippen LogP contribution in [0.15, 0.2) is 47.6 Å². The summed E-state index contributed by atoms with van der Waals surface area (Å²) in [7, 11) is 0. The van der Waals surface area contributed by atoms with Crippen LogP contribution in [0.3, 0.4) is 0 Å². The average molecular weight is 352 g/mol. The lowest BCUT2D eigenvalue weighted by atomic mass is 9.99. The van der Waals surface area contributed by atoms with Gasteiger partial charge in [-0.05, 0) is 43.0 Å². The van der Waals surface area contributed by atoms with Crippen LogP contribution in [0.25, 0.3) is 0 Å². The van der Waals surface area contributed by atoms with Gasteiger partial charge >= 0.3 is 0 Å². The molecule has 1 aromatic carbocycles. The Balaban J connectivity index is 1.45. The van der Waals surface area contributed by atoms with Gasteiger partial charge in [-0.15, -0.1) is 0 Å². The molecule has 2 aliphatic heterocycles. The minimum Gasteiger partial charge on any atom is -0.378 e. The highest BCUT2D eigenvalue weighted by Gasteiger charge is 2.31. The Hall–Kier alpha value is -2.40. The number of allylic oxidation sites excluding steroid dienone is 2. The average Bonchev–Trinajstić information content (AvgIpc) is 3.04. The number of morpholine rings is 1. The van der Waals surface area contributed by atoms with Crippen LogP contribution < -0.4 is 4.90 Å². The van der Waals surface area contributed by atoms with Crippen LogP contribution in [0.1, 0.15) is 31.2 Å². The van der Waals surface area contributed by atoms with Crippen molar-refractivity contribution in [2.75, 3.05) is 37.7 Å². The van der Waals surface area contributed by atoms with Crippen molar-refractivity contribution in [1.29, 1.82) is 0 Å². The van der Waals surface area contributed by atoms with Gasteiger partial charge in [0.05, 0.1) is 19.1 Å². The van der Waals surface area contributed by atoms with Gasteiger partial charge in [0, 0.05) is 30.9 Å². The molecule has 0 spiro atoms. The largest absolute Gasteiger partial charge is 0.378 e. The number of carbonyl (C=O) groups is 2. The SMILES string of the molecule is CC(C(=O)N1CCOCC1)c1ccc(N2CC3=C(CC=CC3)C2=O)cc1. The second-order valence-electron chi connectivity index (χ2n) is 7.10. The van der Waals surface area contributed by atoms with Crippen molar-refractivity contribution in [3.63, 3.8) is 0 Å². The topological polar surface area (TPSA) is 49.9 Å². The van der Waals surface area contributed by atoms with E-state index in [1.807, 2.05) is 41.0 Å². The molecule has 1 atom stereocenters. The lowest BCUT2D eigenvalue weighted by Gasteiger charge is -2.29. The first-order valence-corrected chi connectivity index (χ1v) is 9.29. The molecule has 1 aromatic rings. The van der Waals surface area contributed by atoms with Gasteiger partial charge in [-0.3, -0.25) is 9.59 Å². The van der Waals surface area contributed by atoms with E-state index in [1.165, 1.54) is 5.57 Å². The van der Waals surface area contributed by atoms with Crippen molar-refractivity contribution in [1.82, 2.24) is 4.90 Å². The summed E-state index contributed by atoms with van der Waals surface area (Å²) in [4.78, 5) is 29.0. The highest BCUT2D eigenvalue weighted by Crippen LogP contribution is 2.32. The first-order chi connectivity index (χ1) is 12.6. The summed E-state index contributed by atoms with van der Waals surface area (Å²) < 4.78 is 5.32. The number of anilines is 1. The number of benzene rings is 1. The first kappa shape index (κ1) is 17.0. The number of carbonyl (C=O) groups excluding carboxylic acids is 2. The molecular weight excluding hydrogens is 328 g/mol. The monoisotopic (exact) mass is 352 g/mol. The molecule has 2 amide bonds. The van der Waals surface area contributed by atoms with E-state index in [0.29, 0.717) is 32.8 Å². The number of hydrogen-bond donors (Lipinski definition) is 0. The molecule has 136 valence electrons. The zero-order valence-corrected chi connectivity index (χ0v) is 15.1. The molecular formula is C21H24N2O3. The summed E-state index contributed by atoms with van der Waals surface area (Å²) in [5, 5.41) is 0. The quantitative estimate of drug-likeness (QED) is 0.786. The van der Waals surface area contributed by atoms with Crippen molar-refractivity contribution in [3.8, 4) is 0 Å². The first-order valence-electron chi connectivity index (χ1n) is 9.29. The van der Waals surface area contributed by atoms with Crippen molar-refractivity contribution in [2.45, 2.75) is 25.7 Å². The van der Waals surface area contributed by atoms with Gasteiger partial charge in [-0.2, -0.15) is 0 Å². The van der Waals surface area contributed by atoms with Crippen LogP contribution in [-0.2, 0) is 14.3 Å². The minimum absolute atomic E-state index is 0.120. The van der Waals surface area contributed by atoms with Crippen molar-refractivity contribution in [2.24, 2.45) is 0 Å². The van der Waals surface area contributed by atoms with Gasteiger partial charge in [0.2, 0.25) is 5.91 Å². The molecule has 0 saturated carbocycles. The highest BCUT2D eigenvalue weighted by atomic mass is 16.5. The fraction of sp³-hybridized carbons (Fsp3) is 0.429. The Morgan fingerprint density at radius 2 is 1.77 bits per heavy atom. The summed E-state index contributed by atoms with van der Waals surface area (Å²) in [5.41, 5.74) is 4.07. The molecule has 0 N–H and O–H groups in total. The van der Waals surface area contributed by atoms with E-state index in [4.69, 9.17) is 4.74 Å². The van der Waals surface area contributed by atoms with E-state index in [-0.39, 0.29) is 17.7 Å². The molecule has 1 fully saturated rings. The van der Waals surface area contributed by atoms with Crippen molar-refractivity contribution >= 4 is 17.5 Å². The van der Waals surface area contributed by atoms with Crippen LogP contribution in [0.4, 0.5) is 5.69 Å². The van der Waals surface area contributed by atoms with Crippen molar-refractivity contribution in [3.05, 3.63) is 53.1 Å². The number of rotatable bonds is 3. The van der Waals surface area contributed by atoms with Crippen LogP contribution >= 0.6 is 0 Å². The number of nitrogens with zero attached hydrogens (tertiary/aromatic N) is 2. The summed E-state index contributed by atoms with van der Waals surface area (Å²) in [6, 6.07) is 7.87. The minimum atomic E-state index is -0.188. The Kier molecular flexibility index (Phi) is 4.64. The molecule has 1 aliphatic carbocycles. The molecule has 0 radical (unpaired) electrons. The van der Waals surface area contributed by atoms with E-state index in [1.54, 1.807) is 0 Å². The van der Waals surface area contributed by atoms with Crippen LogP contribution in [0, 0.1) is 0 Å². The Bertz CT molecular complexity index is 773. The third kappa shape index (κ3) is 3.07. The molecule has 0 aromatic heterocycles. The zero-order valence-electron chi connectivity index (χ0n) is 15.1. The maximum atomic E-state index is 12.7.